The topological polar surface area (TPSA) is 105 Å². The second-order valence-corrected chi connectivity index (χ2v) is 6.71. The molecular weight excluding hydrogens is 368 g/mol. The highest BCUT2D eigenvalue weighted by Crippen LogP contribution is 2.22. The summed E-state index contributed by atoms with van der Waals surface area (Å²) in [5, 5.41) is 30.5. The summed E-state index contributed by atoms with van der Waals surface area (Å²) in [6.45, 7) is 1.72. The van der Waals surface area contributed by atoms with Crippen molar-refractivity contribution in [2.45, 2.75) is 19.4 Å². The molecule has 0 fully saturated rings. The largest absolute Gasteiger partial charge is 0.388 e. The van der Waals surface area contributed by atoms with Crippen molar-refractivity contribution in [1.82, 2.24) is 9.55 Å². The predicted octanol–water partition coefficient (Wildman–Crippen LogP) is 3.95. The van der Waals surface area contributed by atoms with Crippen molar-refractivity contribution in [3.8, 4) is 6.07 Å². The molecule has 0 saturated heterocycles. The van der Waals surface area contributed by atoms with Gasteiger partial charge in [0.15, 0.2) is 11.5 Å². The number of rotatable bonds is 6. The maximum Gasteiger partial charge on any atom is 0.350 e. The third-order valence-corrected chi connectivity index (χ3v) is 4.75. The number of benzene rings is 2. The van der Waals surface area contributed by atoms with Gasteiger partial charge in [0, 0.05) is 13.3 Å². The number of imidazole rings is 1. The zero-order chi connectivity index (χ0) is 21.0. The van der Waals surface area contributed by atoms with Crippen molar-refractivity contribution >= 4 is 18.0 Å². The molecule has 1 N–H and O–H groups in total. The van der Waals surface area contributed by atoms with Gasteiger partial charge in [0.25, 0.3) is 0 Å². The molecule has 3 aromatic rings. The molecule has 146 valence electrons. The molecule has 1 aromatic heterocycles. The van der Waals surface area contributed by atoms with Gasteiger partial charge in [-0.25, -0.2) is 9.55 Å². The van der Waals surface area contributed by atoms with Gasteiger partial charge < -0.3 is 15.2 Å². The molecule has 0 radical (unpaired) electrons. The summed E-state index contributed by atoms with van der Waals surface area (Å²) in [5.74, 6) is 0.532. The van der Waals surface area contributed by atoms with Crippen LogP contribution in [0.3, 0.4) is 0 Å². The smallest absolute Gasteiger partial charge is 0.350 e. The number of hydrogen-bond donors (Lipinski definition) is 1. The van der Waals surface area contributed by atoms with Crippen LogP contribution in [-0.2, 0) is 13.5 Å². The molecule has 0 aliphatic carbocycles. The van der Waals surface area contributed by atoms with Crippen molar-refractivity contribution in [1.29, 1.82) is 5.26 Å². The van der Waals surface area contributed by atoms with Crippen LogP contribution in [0.25, 0.3) is 12.2 Å². The number of aromatic nitrogens is 2. The number of nitro groups is 1. The van der Waals surface area contributed by atoms with Gasteiger partial charge in [-0.05, 0) is 39.8 Å². The van der Waals surface area contributed by atoms with Crippen molar-refractivity contribution in [3.63, 3.8) is 0 Å². The van der Waals surface area contributed by atoms with Gasteiger partial charge >= 0.3 is 5.82 Å². The van der Waals surface area contributed by atoms with Crippen molar-refractivity contribution < 1.29 is 10.0 Å². The molecule has 0 saturated carbocycles. The first-order valence-corrected chi connectivity index (χ1v) is 9.02. The number of nitrogens with zero attached hydrogens (tertiary/aromatic N) is 4. The average molecular weight is 388 g/mol. The molecular formula is C22H20N4O3. The highest BCUT2D eigenvalue weighted by atomic mass is 16.6. The Morgan fingerprint density at radius 2 is 1.86 bits per heavy atom. The summed E-state index contributed by atoms with van der Waals surface area (Å²) in [5.41, 5.74) is 3.46. The van der Waals surface area contributed by atoms with Crippen LogP contribution in [-0.4, -0.2) is 19.6 Å². The highest BCUT2D eigenvalue weighted by molar-refractivity contribution is 5.71. The molecule has 7 nitrogen and oxygen atoms in total. The summed E-state index contributed by atoms with van der Waals surface area (Å²) in [7, 11) is 1.62. The Bertz CT molecular complexity index is 1090. The van der Waals surface area contributed by atoms with Crippen LogP contribution in [0.5, 0.6) is 0 Å². The first-order chi connectivity index (χ1) is 13.9. The van der Waals surface area contributed by atoms with E-state index in [-0.39, 0.29) is 5.82 Å². The number of aryl methyl sites for hydroxylation is 1. The van der Waals surface area contributed by atoms with Crippen molar-refractivity contribution in [3.05, 3.63) is 92.4 Å². The van der Waals surface area contributed by atoms with E-state index >= 15 is 0 Å². The molecule has 1 atom stereocenters. The third kappa shape index (κ3) is 4.57. The maximum atomic E-state index is 11.2. The molecule has 0 amide bonds. The standard InChI is InChI=1S/C22H20N4O3/c1-15-24-20(22(25(15)2)26(28)29)12-9-16-3-5-17(6-4-16)13-21(27)19-10-7-18(14-23)8-11-19/h3-12,21,27H,13H2,1-2H3/b12-9+. The second kappa shape index (κ2) is 8.50. The molecule has 0 aliphatic heterocycles. The van der Waals surface area contributed by atoms with Crippen LogP contribution in [0.1, 0.15) is 39.9 Å². The molecule has 2 aromatic carbocycles. The van der Waals surface area contributed by atoms with E-state index in [2.05, 4.69) is 11.1 Å². The lowest BCUT2D eigenvalue weighted by molar-refractivity contribution is -0.392. The van der Waals surface area contributed by atoms with Gasteiger partial charge in [0.2, 0.25) is 0 Å². The van der Waals surface area contributed by atoms with Crippen LogP contribution < -0.4 is 0 Å². The number of hydrogen-bond acceptors (Lipinski definition) is 5. The Balaban J connectivity index is 1.70. The summed E-state index contributed by atoms with van der Waals surface area (Å²) in [6, 6.07) is 16.5. The van der Waals surface area contributed by atoms with E-state index in [4.69, 9.17) is 5.26 Å². The fourth-order valence-electron chi connectivity index (χ4n) is 3.01. The van der Waals surface area contributed by atoms with E-state index < -0.39 is 11.0 Å². The van der Waals surface area contributed by atoms with E-state index in [9.17, 15) is 15.2 Å². The lowest BCUT2D eigenvalue weighted by atomic mass is 9.99. The van der Waals surface area contributed by atoms with Crippen LogP contribution in [0, 0.1) is 28.4 Å². The van der Waals surface area contributed by atoms with Gasteiger partial charge in [-0.15, -0.1) is 0 Å². The van der Waals surface area contributed by atoms with E-state index in [1.165, 1.54) is 4.57 Å². The van der Waals surface area contributed by atoms with Gasteiger partial charge in [-0.2, -0.15) is 5.26 Å². The SMILES string of the molecule is Cc1nc(/C=C/c2ccc(CC(O)c3ccc(C#N)cc3)cc2)c([N+](=O)[O-])n1C. The average Bonchev–Trinajstić information content (AvgIpc) is 3.01. The fraction of sp³-hybridized carbons (Fsp3) is 0.182. The molecule has 7 heteroatoms. The van der Waals surface area contributed by atoms with E-state index in [0.717, 1.165) is 16.7 Å². The Hall–Kier alpha value is -3.76. The zero-order valence-electron chi connectivity index (χ0n) is 16.1. The molecule has 1 heterocycles. The Morgan fingerprint density at radius 3 is 2.45 bits per heavy atom. The van der Waals surface area contributed by atoms with Crippen molar-refractivity contribution in [2.75, 3.05) is 0 Å². The highest BCUT2D eigenvalue weighted by Gasteiger charge is 2.20. The lowest BCUT2D eigenvalue weighted by Gasteiger charge is -2.11. The molecule has 0 spiro atoms. The summed E-state index contributed by atoms with van der Waals surface area (Å²) in [4.78, 5) is 15.0. The minimum absolute atomic E-state index is 0.0408. The van der Waals surface area contributed by atoms with E-state index in [1.54, 1.807) is 50.4 Å². The maximum absolute atomic E-state index is 11.2. The Labute approximate surface area is 168 Å². The molecule has 1 unspecified atom stereocenters. The van der Waals surface area contributed by atoms with Crippen LogP contribution in [0.2, 0.25) is 0 Å². The first kappa shape index (κ1) is 20.0. The van der Waals surface area contributed by atoms with Gasteiger partial charge in [0.1, 0.15) is 0 Å². The Morgan fingerprint density at radius 1 is 1.21 bits per heavy atom. The van der Waals surface area contributed by atoms with Crippen LogP contribution in [0.15, 0.2) is 48.5 Å². The molecule has 29 heavy (non-hydrogen) atoms. The van der Waals surface area contributed by atoms with Gasteiger partial charge in [-0.3, -0.25) is 0 Å². The Kier molecular flexibility index (Phi) is 5.86. The van der Waals surface area contributed by atoms with E-state index in [1.807, 2.05) is 24.3 Å². The summed E-state index contributed by atoms with van der Waals surface area (Å²) >= 11 is 0. The number of aliphatic hydroxyl groups excluding tert-OH is 1. The molecule has 0 bridgehead atoms. The molecule has 0 aliphatic rings. The summed E-state index contributed by atoms with van der Waals surface area (Å²) < 4.78 is 1.45. The lowest BCUT2D eigenvalue weighted by Crippen LogP contribution is -2.01. The molecule has 3 rings (SSSR count). The van der Waals surface area contributed by atoms with Crippen LogP contribution >= 0.6 is 0 Å². The second-order valence-electron chi connectivity index (χ2n) is 6.71. The van der Waals surface area contributed by atoms with Gasteiger partial charge in [0.05, 0.1) is 24.8 Å². The quantitative estimate of drug-likeness (QED) is 0.508. The zero-order valence-corrected chi connectivity index (χ0v) is 16.1. The van der Waals surface area contributed by atoms with E-state index in [0.29, 0.717) is 23.5 Å². The fourth-order valence-corrected chi connectivity index (χ4v) is 3.01. The third-order valence-electron chi connectivity index (χ3n) is 4.75. The van der Waals surface area contributed by atoms with Gasteiger partial charge in [-0.1, -0.05) is 42.5 Å². The van der Waals surface area contributed by atoms with Crippen LogP contribution in [0.4, 0.5) is 5.82 Å². The minimum Gasteiger partial charge on any atom is -0.388 e. The number of aliphatic hydroxyl groups is 1. The first-order valence-electron chi connectivity index (χ1n) is 9.02. The monoisotopic (exact) mass is 388 g/mol. The normalized spacial score (nSPS) is 12.1. The van der Waals surface area contributed by atoms with Crippen molar-refractivity contribution in [2.24, 2.45) is 7.05 Å². The minimum atomic E-state index is -0.664. The predicted molar refractivity (Wildman–Crippen MR) is 110 cm³/mol. The summed E-state index contributed by atoms with van der Waals surface area (Å²) in [6.07, 6.45) is 3.19. The number of nitriles is 1.